The summed E-state index contributed by atoms with van der Waals surface area (Å²) in [6, 6.07) is 21.9. The Morgan fingerprint density at radius 1 is 0.861 bits per heavy atom. The number of aliphatic imine (C=N–C) groups is 1. The van der Waals surface area contributed by atoms with Crippen molar-refractivity contribution in [2.45, 2.75) is 6.54 Å². The molecule has 0 unspecified atom stereocenters. The molecule has 0 fully saturated rings. The first-order valence-corrected chi connectivity index (χ1v) is 11.6. The number of hydrogen-bond donors (Lipinski definition) is 4. The van der Waals surface area contributed by atoms with Crippen molar-refractivity contribution in [3.05, 3.63) is 118 Å². The van der Waals surface area contributed by atoms with Gasteiger partial charge in [0.2, 0.25) is 0 Å². The summed E-state index contributed by atoms with van der Waals surface area (Å²) in [5, 5.41) is 5.78. The highest BCUT2D eigenvalue weighted by molar-refractivity contribution is 6.30. The molecule has 0 saturated heterocycles. The van der Waals surface area contributed by atoms with Crippen LogP contribution in [-0.2, 0) is 6.54 Å². The molecule has 10 heteroatoms. The minimum Gasteiger partial charge on any atom is -0.339 e. The molecule has 178 valence electrons. The van der Waals surface area contributed by atoms with Crippen molar-refractivity contribution < 1.29 is 9.59 Å². The number of imide groups is 1. The maximum Gasteiger partial charge on any atom is 0.261 e. The molecule has 0 atom stereocenters. The van der Waals surface area contributed by atoms with Crippen LogP contribution in [0.5, 0.6) is 0 Å². The largest absolute Gasteiger partial charge is 0.339 e. The first kappa shape index (κ1) is 21.8. The lowest BCUT2D eigenvalue weighted by atomic mass is 10.1. The standard InChI is InChI=1S/C26H20ClN7O2/c27-17-6-4-8-19(12-17)32-34-15-28-13-22-23(34)24(31-30-22)29-18-7-3-5-16(11-18)14-33-25(35)20-9-1-2-10-21(20)26(33)36/h1-13,15,29-32H,14H2. The van der Waals surface area contributed by atoms with Gasteiger partial charge in [0, 0.05) is 10.7 Å². The molecule has 4 N–H and O–H groups in total. The van der Waals surface area contributed by atoms with E-state index < -0.39 is 0 Å². The van der Waals surface area contributed by atoms with Gasteiger partial charge in [-0.2, -0.15) is 0 Å². The van der Waals surface area contributed by atoms with E-state index in [0.717, 1.165) is 28.3 Å². The summed E-state index contributed by atoms with van der Waals surface area (Å²) in [5.74, 6) is 0.138. The van der Waals surface area contributed by atoms with Gasteiger partial charge in [-0.05, 0) is 48.0 Å². The normalized spacial score (nSPS) is 15.9. The molecule has 0 aliphatic carbocycles. The van der Waals surface area contributed by atoms with E-state index in [2.05, 4.69) is 26.6 Å². The van der Waals surface area contributed by atoms with Crippen LogP contribution in [0.15, 0.2) is 101 Å². The molecule has 3 heterocycles. The monoisotopic (exact) mass is 497 g/mol. The van der Waals surface area contributed by atoms with E-state index in [-0.39, 0.29) is 18.4 Å². The Bertz CT molecular complexity index is 1460. The number of fused-ring (bicyclic) bond motifs is 2. The van der Waals surface area contributed by atoms with Gasteiger partial charge in [0.1, 0.15) is 17.7 Å². The lowest BCUT2D eigenvalue weighted by molar-refractivity contribution is 0.0642. The van der Waals surface area contributed by atoms with Crippen molar-refractivity contribution in [3.63, 3.8) is 0 Å². The van der Waals surface area contributed by atoms with Crippen LogP contribution in [0.25, 0.3) is 0 Å². The van der Waals surface area contributed by atoms with E-state index in [1.54, 1.807) is 41.8 Å². The SMILES string of the molecule is O=C1c2ccccc2C(=O)N1Cc1cccc(NC2=C3C(=CN=CN3Nc3cccc(Cl)c3)NN2)c1. The van der Waals surface area contributed by atoms with Crippen LogP contribution in [0.3, 0.4) is 0 Å². The molecule has 3 aliphatic rings. The highest BCUT2D eigenvalue weighted by atomic mass is 35.5. The van der Waals surface area contributed by atoms with Crippen LogP contribution in [0.1, 0.15) is 26.3 Å². The fourth-order valence-corrected chi connectivity index (χ4v) is 4.48. The highest BCUT2D eigenvalue weighted by Gasteiger charge is 2.35. The summed E-state index contributed by atoms with van der Waals surface area (Å²) >= 11 is 6.13. The van der Waals surface area contributed by atoms with E-state index >= 15 is 0 Å². The topological polar surface area (TPSA) is 101 Å². The molecule has 0 aromatic heterocycles. The second kappa shape index (κ2) is 8.79. The Kier molecular flexibility index (Phi) is 5.31. The second-order valence-electron chi connectivity index (χ2n) is 8.34. The number of hydrogen-bond acceptors (Lipinski definition) is 8. The predicted molar refractivity (Wildman–Crippen MR) is 137 cm³/mol. The summed E-state index contributed by atoms with van der Waals surface area (Å²) < 4.78 is 0. The zero-order valence-electron chi connectivity index (χ0n) is 18.8. The van der Waals surface area contributed by atoms with E-state index in [9.17, 15) is 9.59 Å². The van der Waals surface area contributed by atoms with Crippen molar-refractivity contribution in [1.29, 1.82) is 0 Å². The average Bonchev–Trinajstić information content (AvgIpc) is 3.40. The quantitative estimate of drug-likeness (QED) is 0.381. The third-order valence-corrected chi connectivity index (χ3v) is 6.17. The highest BCUT2D eigenvalue weighted by Crippen LogP contribution is 2.28. The van der Waals surface area contributed by atoms with Gasteiger partial charge in [0.15, 0.2) is 5.82 Å². The summed E-state index contributed by atoms with van der Waals surface area (Å²) in [7, 11) is 0. The van der Waals surface area contributed by atoms with Crippen LogP contribution < -0.4 is 21.6 Å². The van der Waals surface area contributed by atoms with Crippen LogP contribution in [0.4, 0.5) is 11.4 Å². The zero-order chi connectivity index (χ0) is 24.6. The number of carbonyl (C=O) groups is 2. The smallest absolute Gasteiger partial charge is 0.261 e. The van der Waals surface area contributed by atoms with Gasteiger partial charge in [-0.1, -0.05) is 41.9 Å². The number of halogens is 1. The van der Waals surface area contributed by atoms with Crippen molar-refractivity contribution in [1.82, 2.24) is 20.8 Å². The van der Waals surface area contributed by atoms with E-state index in [1.165, 1.54) is 4.90 Å². The van der Waals surface area contributed by atoms with Gasteiger partial charge >= 0.3 is 0 Å². The molecule has 9 nitrogen and oxygen atoms in total. The van der Waals surface area contributed by atoms with Gasteiger partial charge in [-0.3, -0.25) is 30.8 Å². The Labute approximate surface area is 211 Å². The van der Waals surface area contributed by atoms with Crippen LogP contribution >= 0.6 is 11.6 Å². The van der Waals surface area contributed by atoms with Gasteiger partial charge < -0.3 is 5.32 Å². The molecule has 3 aliphatic heterocycles. The fourth-order valence-electron chi connectivity index (χ4n) is 4.29. The molecule has 3 aromatic carbocycles. The zero-order valence-corrected chi connectivity index (χ0v) is 19.6. The number of rotatable bonds is 6. The summed E-state index contributed by atoms with van der Waals surface area (Å²) in [5.41, 5.74) is 14.4. The number of amides is 2. The van der Waals surface area contributed by atoms with E-state index in [1.807, 2.05) is 48.5 Å². The average molecular weight is 498 g/mol. The van der Waals surface area contributed by atoms with Gasteiger partial charge in [-0.15, -0.1) is 0 Å². The number of benzene rings is 3. The van der Waals surface area contributed by atoms with Crippen molar-refractivity contribution in [2.24, 2.45) is 4.99 Å². The molecule has 36 heavy (non-hydrogen) atoms. The molecular formula is C26H20ClN7O2. The minimum atomic E-state index is -0.278. The van der Waals surface area contributed by atoms with Crippen molar-refractivity contribution in [3.8, 4) is 0 Å². The number of nitrogens with one attached hydrogen (secondary N) is 4. The van der Waals surface area contributed by atoms with Crippen LogP contribution in [0.2, 0.25) is 5.02 Å². The Balaban J connectivity index is 1.23. The number of nitrogens with zero attached hydrogens (tertiary/aromatic N) is 3. The second-order valence-corrected chi connectivity index (χ2v) is 8.78. The number of anilines is 2. The Morgan fingerprint density at radius 3 is 2.39 bits per heavy atom. The number of hydrazine groups is 2. The summed E-state index contributed by atoms with van der Waals surface area (Å²) in [6.45, 7) is 0.180. The molecule has 0 saturated carbocycles. The molecule has 6 rings (SSSR count). The summed E-state index contributed by atoms with van der Waals surface area (Å²) in [6.07, 6.45) is 3.38. The molecule has 3 aromatic rings. The van der Waals surface area contributed by atoms with Crippen molar-refractivity contribution >= 4 is 41.1 Å². The Hall–Kier alpha value is -4.76. The lowest BCUT2D eigenvalue weighted by Gasteiger charge is -2.25. The number of carbonyl (C=O) groups excluding carboxylic acids is 2. The maximum absolute atomic E-state index is 12.8. The minimum absolute atomic E-state index is 0.180. The van der Waals surface area contributed by atoms with Gasteiger partial charge in [-0.25, -0.2) is 10.0 Å². The van der Waals surface area contributed by atoms with Crippen molar-refractivity contribution in [2.75, 3.05) is 10.7 Å². The fraction of sp³-hybridized carbons (Fsp3) is 0.0385. The first-order valence-electron chi connectivity index (χ1n) is 11.2. The molecule has 0 spiro atoms. The third-order valence-electron chi connectivity index (χ3n) is 5.93. The maximum atomic E-state index is 12.8. The van der Waals surface area contributed by atoms with Gasteiger partial charge in [0.25, 0.3) is 11.8 Å². The summed E-state index contributed by atoms with van der Waals surface area (Å²) in [4.78, 5) is 31.1. The predicted octanol–water partition coefficient (Wildman–Crippen LogP) is 4.04. The molecule has 0 bridgehead atoms. The molecule has 0 radical (unpaired) electrons. The Morgan fingerprint density at radius 2 is 1.61 bits per heavy atom. The van der Waals surface area contributed by atoms with Crippen LogP contribution in [-0.4, -0.2) is 28.1 Å². The van der Waals surface area contributed by atoms with Crippen LogP contribution in [0, 0.1) is 0 Å². The van der Waals surface area contributed by atoms with E-state index in [0.29, 0.717) is 22.0 Å². The third kappa shape index (κ3) is 3.91. The lowest BCUT2D eigenvalue weighted by Crippen LogP contribution is -2.31. The van der Waals surface area contributed by atoms with E-state index in [4.69, 9.17) is 11.6 Å². The first-order chi connectivity index (χ1) is 17.6. The van der Waals surface area contributed by atoms with Gasteiger partial charge in [0.05, 0.1) is 29.6 Å². The molecular weight excluding hydrogens is 478 g/mol. The molecule has 2 amide bonds.